The van der Waals surface area contributed by atoms with Gasteiger partial charge in [-0.25, -0.2) is 8.78 Å². The Kier molecular flexibility index (Phi) is 2.51. The molecule has 82 valence electrons. The molecule has 15 heavy (non-hydrogen) atoms. The van der Waals surface area contributed by atoms with E-state index in [9.17, 15) is 8.78 Å². The number of hydrogen-bond acceptors (Lipinski definition) is 1. The van der Waals surface area contributed by atoms with Crippen LogP contribution in [-0.2, 0) is 5.41 Å². The van der Waals surface area contributed by atoms with Crippen molar-refractivity contribution in [3.05, 3.63) is 34.9 Å². The Morgan fingerprint density at radius 3 is 2.53 bits per heavy atom. The van der Waals surface area contributed by atoms with Crippen LogP contribution in [0, 0.1) is 6.92 Å². The van der Waals surface area contributed by atoms with Gasteiger partial charge in [-0.3, -0.25) is 0 Å². The van der Waals surface area contributed by atoms with Crippen molar-refractivity contribution in [3.8, 4) is 0 Å². The van der Waals surface area contributed by atoms with Crippen molar-refractivity contribution in [1.82, 2.24) is 0 Å². The van der Waals surface area contributed by atoms with Crippen molar-refractivity contribution in [2.45, 2.75) is 31.6 Å². The van der Waals surface area contributed by atoms with Gasteiger partial charge in [0.1, 0.15) is 0 Å². The minimum Gasteiger partial charge on any atom is -0.330 e. The topological polar surface area (TPSA) is 26.0 Å². The first-order valence-electron chi connectivity index (χ1n) is 5.18. The van der Waals surface area contributed by atoms with E-state index in [1.807, 2.05) is 6.07 Å². The van der Waals surface area contributed by atoms with Gasteiger partial charge in [-0.1, -0.05) is 12.1 Å². The third kappa shape index (κ3) is 1.76. The molecule has 0 aliphatic heterocycles. The Balaban J connectivity index is 2.39. The van der Waals surface area contributed by atoms with Crippen LogP contribution in [-0.4, -0.2) is 6.54 Å². The molecule has 0 atom stereocenters. The van der Waals surface area contributed by atoms with Crippen molar-refractivity contribution in [1.29, 1.82) is 0 Å². The predicted octanol–water partition coefficient (Wildman–Crippen LogP) is 2.92. The summed E-state index contributed by atoms with van der Waals surface area (Å²) in [6.45, 7) is 2.27. The lowest BCUT2D eigenvalue weighted by atomic mass is 9.93. The minimum absolute atomic E-state index is 0.00264. The van der Waals surface area contributed by atoms with Gasteiger partial charge in [-0.15, -0.1) is 0 Å². The number of benzene rings is 1. The molecule has 0 amide bonds. The van der Waals surface area contributed by atoms with Gasteiger partial charge in [0.15, 0.2) is 0 Å². The Bertz CT molecular complexity index is 370. The van der Waals surface area contributed by atoms with Gasteiger partial charge in [0.2, 0.25) is 0 Å². The summed E-state index contributed by atoms with van der Waals surface area (Å²) >= 11 is 0. The van der Waals surface area contributed by atoms with Gasteiger partial charge in [0, 0.05) is 17.5 Å². The molecule has 1 aromatic rings. The average molecular weight is 211 g/mol. The molecular weight excluding hydrogens is 196 g/mol. The number of halogens is 2. The van der Waals surface area contributed by atoms with Gasteiger partial charge < -0.3 is 5.73 Å². The van der Waals surface area contributed by atoms with E-state index in [4.69, 9.17) is 5.73 Å². The highest BCUT2D eigenvalue weighted by atomic mass is 19.3. The lowest BCUT2D eigenvalue weighted by molar-refractivity contribution is 0.150. The summed E-state index contributed by atoms with van der Waals surface area (Å²) in [5.74, 6) is 0. The molecule has 1 aliphatic carbocycles. The van der Waals surface area contributed by atoms with E-state index in [2.05, 4.69) is 0 Å². The fourth-order valence-electron chi connectivity index (χ4n) is 1.97. The van der Waals surface area contributed by atoms with Crippen LogP contribution in [0.4, 0.5) is 8.78 Å². The van der Waals surface area contributed by atoms with Crippen molar-refractivity contribution >= 4 is 0 Å². The lowest BCUT2D eigenvalue weighted by Gasteiger charge is -2.15. The fraction of sp³-hybridized carbons (Fsp3) is 0.500. The number of aryl methyl sites for hydroxylation is 1. The van der Waals surface area contributed by atoms with E-state index in [1.165, 1.54) is 0 Å². The Morgan fingerprint density at radius 1 is 1.40 bits per heavy atom. The maximum Gasteiger partial charge on any atom is 0.264 e. The number of nitrogens with two attached hydrogens (primary N) is 1. The maximum atomic E-state index is 12.7. The van der Waals surface area contributed by atoms with E-state index in [0.717, 1.165) is 18.4 Å². The Hall–Kier alpha value is -0.960. The molecule has 0 aromatic heterocycles. The summed E-state index contributed by atoms with van der Waals surface area (Å²) in [7, 11) is 0. The molecule has 1 aromatic carbocycles. The van der Waals surface area contributed by atoms with Crippen molar-refractivity contribution in [2.24, 2.45) is 5.73 Å². The van der Waals surface area contributed by atoms with Crippen LogP contribution in [0.1, 0.15) is 36.0 Å². The number of alkyl halides is 2. The fourth-order valence-corrected chi connectivity index (χ4v) is 1.97. The van der Waals surface area contributed by atoms with Gasteiger partial charge >= 0.3 is 0 Å². The standard InChI is InChI=1S/C12H15F2N/c1-8-2-3-9(6-10(8)11(13)14)12(7-15)4-5-12/h2-3,6,11H,4-5,7,15H2,1H3. The van der Waals surface area contributed by atoms with Crippen LogP contribution >= 0.6 is 0 Å². The average Bonchev–Trinajstić information content (AvgIpc) is 2.99. The second kappa shape index (κ2) is 3.56. The third-order valence-electron chi connectivity index (χ3n) is 3.37. The summed E-state index contributed by atoms with van der Waals surface area (Å²) in [6.07, 6.45) is -0.344. The zero-order valence-electron chi connectivity index (χ0n) is 8.76. The SMILES string of the molecule is Cc1ccc(C2(CN)CC2)cc1C(F)F. The zero-order valence-corrected chi connectivity index (χ0v) is 8.76. The van der Waals surface area contributed by atoms with E-state index < -0.39 is 6.43 Å². The summed E-state index contributed by atoms with van der Waals surface area (Å²) in [6, 6.07) is 5.33. The van der Waals surface area contributed by atoms with Gasteiger partial charge in [0.25, 0.3) is 6.43 Å². The lowest BCUT2D eigenvalue weighted by Crippen LogP contribution is -2.19. The van der Waals surface area contributed by atoms with Crippen molar-refractivity contribution < 1.29 is 8.78 Å². The first kappa shape index (κ1) is 10.6. The quantitative estimate of drug-likeness (QED) is 0.817. The largest absolute Gasteiger partial charge is 0.330 e. The molecule has 2 rings (SSSR count). The second-order valence-electron chi connectivity index (χ2n) is 4.36. The summed E-state index contributed by atoms with van der Waals surface area (Å²) < 4.78 is 25.4. The normalized spacial score (nSPS) is 18.2. The third-order valence-corrected chi connectivity index (χ3v) is 3.37. The van der Waals surface area contributed by atoms with Crippen LogP contribution in [0.3, 0.4) is 0 Å². The van der Waals surface area contributed by atoms with Crippen molar-refractivity contribution in [3.63, 3.8) is 0 Å². The first-order chi connectivity index (χ1) is 7.09. The molecule has 1 saturated carbocycles. The Morgan fingerprint density at radius 2 is 2.07 bits per heavy atom. The maximum absolute atomic E-state index is 12.7. The van der Waals surface area contributed by atoms with E-state index >= 15 is 0 Å². The molecule has 0 radical (unpaired) electrons. The monoisotopic (exact) mass is 211 g/mol. The highest BCUT2D eigenvalue weighted by Crippen LogP contribution is 2.47. The van der Waals surface area contributed by atoms with Crippen LogP contribution < -0.4 is 5.73 Å². The van der Waals surface area contributed by atoms with Crippen molar-refractivity contribution in [2.75, 3.05) is 6.54 Å². The molecule has 0 heterocycles. The van der Waals surface area contributed by atoms with Gasteiger partial charge in [-0.2, -0.15) is 0 Å². The molecular formula is C12H15F2N. The van der Waals surface area contributed by atoms with Gasteiger partial charge in [0.05, 0.1) is 0 Å². The molecule has 0 bridgehead atoms. The molecule has 0 spiro atoms. The number of hydrogen-bond donors (Lipinski definition) is 1. The molecule has 3 heteroatoms. The van der Waals surface area contributed by atoms with Crippen LogP contribution in [0.25, 0.3) is 0 Å². The van der Waals surface area contributed by atoms with E-state index in [1.54, 1.807) is 19.1 Å². The first-order valence-corrected chi connectivity index (χ1v) is 5.18. The van der Waals surface area contributed by atoms with E-state index in [0.29, 0.717) is 12.1 Å². The highest BCUT2D eigenvalue weighted by Gasteiger charge is 2.43. The predicted molar refractivity (Wildman–Crippen MR) is 56.1 cm³/mol. The van der Waals surface area contributed by atoms with E-state index in [-0.39, 0.29) is 11.0 Å². The van der Waals surface area contributed by atoms with Gasteiger partial charge in [-0.05, 0) is 37.0 Å². The molecule has 0 saturated heterocycles. The summed E-state index contributed by atoms with van der Waals surface area (Å²) in [5, 5.41) is 0. The van der Waals surface area contributed by atoms with Crippen LogP contribution in [0.15, 0.2) is 18.2 Å². The highest BCUT2D eigenvalue weighted by molar-refractivity contribution is 5.39. The Labute approximate surface area is 88.3 Å². The molecule has 2 N–H and O–H groups in total. The second-order valence-corrected chi connectivity index (χ2v) is 4.36. The minimum atomic E-state index is -2.39. The molecule has 0 unspecified atom stereocenters. The van der Waals surface area contributed by atoms with Crippen LogP contribution in [0.2, 0.25) is 0 Å². The zero-order chi connectivity index (χ0) is 11.1. The summed E-state index contributed by atoms with van der Waals surface area (Å²) in [4.78, 5) is 0. The number of rotatable bonds is 3. The molecule has 1 aliphatic rings. The molecule has 1 fully saturated rings. The molecule has 1 nitrogen and oxygen atoms in total. The summed E-state index contributed by atoms with van der Waals surface area (Å²) in [5.41, 5.74) is 7.45. The van der Waals surface area contributed by atoms with Crippen LogP contribution in [0.5, 0.6) is 0 Å². The smallest absolute Gasteiger partial charge is 0.264 e.